The minimum atomic E-state index is -0.358. The summed E-state index contributed by atoms with van der Waals surface area (Å²) in [6.07, 6.45) is 1.98. The summed E-state index contributed by atoms with van der Waals surface area (Å²) in [5.74, 6) is -0.0492. The van der Waals surface area contributed by atoms with Gasteiger partial charge in [-0.2, -0.15) is 0 Å². The summed E-state index contributed by atoms with van der Waals surface area (Å²) >= 11 is 0. The Morgan fingerprint density at radius 2 is 1.45 bits per heavy atom. The van der Waals surface area contributed by atoms with Crippen LogP contribution < -0.4 is 0 Å². The average molecular weight is 283 g/mol. The molecule has 1 N–H and O–H groups in total. The molecule has 0 saturated carbocycles. The maximum Gasteiger partial charge on any atom is 0.312 e. The highest BCUT2D eigenvalue weighted by atomic mass is 16.3. The van der Waals surface area contributed by atoms with Crippen molar-refractivity contribution in [3.05, 3.63) is 0 Å². The van der Waals surface area contributed by atoms with Crippen LogP contribution in [0.2, 0.25) is 0 Å². The monoisotopic (exact) mass is 283 g/mol. The van der Waals surface area contributed by atoms with Gasteiger partial charge in [-0.15, -0.1) is 0 Å². The maximum absolute atomic E-state index is 12.2. The Morgan fingerprint density at radius 1 is 0.950 bits per heavy atom. The van der Waals surface area contributed by atoms with Crippen LogP contribution in [0.15, 0.2) is 0 Å². The minimum Gasteiger partial charge on any atom is -0.395 e. The van der Waals surface area contributed by atoms with Gasteiger partial charge in [0.05, 0.1) is 6.61 Å². The number of carbonyl (C=O) groups is 2. The van der Waals surface area contributed by atoms with Crippen molar-refractivity contribution in [2.45, 2.75) is 19.8 Å². The van der Waals surface area contributed by atoms with E-state index in [4.69, 9.17) is 5.11 Å². The van der Waals surface area contributed by atoms with Gasteiger partial charge in [-0.05, 0) is 18.8 Å². The number of piperazine rings is 1. The van der Waals surface area contributed by atoms with Crippen molar-refractivity contribution in [1.29, 1.82) is 0 Å². The van der Waals surface area contributed by atoms with Gasteiger partial charge in [0, 0.05) is 45.8 Å². The second kappa shape index (κ2) is 7.04. The van der Waals surface area contributed by atoms with Crippen molar-refractivity contribution in [3.8, 4) is 0 Å². The molecule has 0 aromatic heterocycles. The van der Waals surface area contributed by atoms with Crippen LogP contribution in [0.4, 0.5) is 0 Å². The molecule has 0 aromatic rings. The zero-order valence-corrected chi connectivity index (χ0v) is 12.3. The summed E-state index contributed by atoms with van der Waals surface area (Å²) in [6.45, 7) is 6.99. The van der Waals surface area contributed by atoms with Crippen LogP contribution in [-0.2, 0) is 9.59 Å². The third-order valence-corrected chi connectivity index (χ3v) is 4.33. The quantitative estimate of drug-likeness (QED) is 0.686. The largest absolute Gasteiger partial charge is 0.395 e. The Balaban J connectivity index is 1.81. The Kier molecular flexibility index (Phi) is 5.37. The summed E-state index contributed by atoms with van der Waals surface area (Å²) in [6, 6.07) is 0. The number of hydrogen-bond donors (Lipinski definition) is 1. The number of rotatable bonds is 2. The van der Waals surface area contributed by atoms with E-state index in [0.717, 1.165) is 25.9 Å². The number of aliphatic hydroxyl groups is 1. The van der Waals surface area contributed by atoms with E-state index in [1.165, 1.54) is 0 Å². The van der Waals surface area contributed by atoms with Gasteiger partial charge in [0.1, 0.15) is 0 Å². The van der Waals surface area contributed by atoms with Gasteiger partial charge in [0.2, 0.25) is 0 Å². The SMILES string of the molecule is CC1CCN(C(=O)C(=O)N2CCN(CCO)CC2)CC1. The van der Waals surface area contributed by atoms with Crippen LogP contribution in [0.5, 0.6) is 0 Å². The number of β-amino-alcohol motifs (C(OH)–C–C–N with tert-alkyl or cyclic N) is 1. The Morgan fingerprint density at radius 3 is 1.95 bits per heavy atom. The van der Waals surface area contributed by atoms with Gasteiger partial charge in [-0.3, -0.25) is 14.5 Å². The van der Waals surface area contributed by atoms with Gasteiger partial charge < -0.3 is 14.9 Å². The number of nitrogens with zero attached hydrogens (tertiary/aromatic N) is 3. The fraction of sp³-hybridized carbons (Fsp3) is 0.857. The third-order valence-electron chi connectivity index (χ3n) is 4.33. The van der Waals surface area contributed by atoms with Gasteiger partial charge in [-0.1, -0.05) is 6.92 Å². The van der Waals surface area contributed by atoms with Gasteiger partial charge in [0.15, 0.2) is 0 Å². The summed E-state index contributed by atoms with van der Waals surface area (Å²) in [5.41, 5.74) is 0. The number of hydrogen-bond acceptors (Lipinski definition) is 4. The van der Waals surface area contributed by atoms with Crippen molar-refractivity contribution in [3.63, 3.8) is 0 Å². The summed E-state index contributed by atoms with van der Waals surface area (Å²) in [7, 11) is 0. The number of piperidine rings is 1. The molecule has 0 spiro atoms. The first-order valence-electron chi connectivity index (χ1n) is 7.53. The molecule has 2 fully saturated rings. The molecule has 20 heavy (non-hydrogen) atoms. The highest BCUT2D eigenvalue weighted by Gasteiger charge is 2.30. The number of amides is 2. The summed E-state index contributed by atoms with van der Waals surface area (Å²) in [5, 5.41) is 8.89. The van der Waals surface area contributed by atoms with Crippen molar-refractivity contribution in [1.82, 2.24) is 14.7 Å². The van der Waals surface area contributed by atoms with E-state index in [2.05, 4.69) is 11.8 Å². The van der Waals surface area contributed by atoms with E-state index in [0.29, 0.717) is 38.6 Å². The molecule has 2 heterocycles. The smallest absolute Gasteiger partial charge is 0.312 e. The second-order valence-corrected chi connectivity index (χ2v) is 5.83. The first kappa shape index (κ1) is 15.3. The highest BCUT2D eigenvalue weighted by Crippen LogP contribution is 2.16. The highest BCUT2D eigenvalue weighted by molar-refractivity contribution is 6.34. The Labute approximate surface area is 120 Å². The van der Waals surface area contributed by atoms with Crippen LogP contribution in [0.25, 0.3) is 0 Å². The second-order valence-electron chi connectivity index (χ2n) is 5.83. The van der Waals surface area contributed by atoms with Crippen LogP contribution in [0, 0.1) is 5.92 Å². The lowest BCUT2D eigenvalue weighted by Crippen LogP contribution is -2.54. The van der Waals surface area contributed by atoms with E-state index >= 15 is 0 Å². The molecule has 0 atom stereocenters. The Bertz CT molecular complexity index is 346. The molecule has 0 radical (unpaired) electrons. The van der Waals surface area contributed by atoms with Crippen molar-refractivity contribution < 1.29 is 14.7 Å². The van der Waals surface area contributed by atoms with Gasteiger partial charge in [0.25, 0.3) is 0 Å². The van der Waals surface area contributed by atoms with Crippen LogP contribution in [0.3, 0.4) is 0 Å². The zero-order valence-electron chi connectivity index (χ0n) is 12.3. The minimum absolute atomic E-state index is 0.138. The standard InChI is InChI=1S/C14H25N3O3/c1-12-2-4-16(5-3-12)13(19)14(20)17-8-6-15(7-9-17)10-11-18/h12,18H,2-11H2,1H3. The normalized spacial score (nSPS) is 22.1. The lowest BCUT2D eigenvalue weighted by atomic mass is 9.99. The van der Waals surface area contributed by atoms with Crippen molar-refractivity contribution in [2.75, 3.05) is 52.4 Å². The van der Waals surface area contributed by atoms with Crippen molar-refractivity contribution in [2.24, 2.45) is 5.92 Å². The van der Waals surface area contributed by atoms with Crippen molar-refractivity contribution >= 4 is 11.8 Å². The van der Waals surface area contributed by atoms with Gasteiger partial charge >= 0.3 is 11.8 Å². The molecule has 2 aliphatic rings. The summed E-state index contributed by atoms with van der Waals surface area (Å²) in [4.78, 5) is 29.9. The maximum atomic E-state index is 12.2. The number of likely N-dealkylation sites (tertiary alicyclic amines) is 1. The van der Waals surface area contributed by atoms with E-state index in [1.807, 2.05) is 0 Å². The number of aliphatic hydroxyl groups excluding tert-OH is 1. The topological polar surface area (TPSA) is 64.1 Å². The molecule has 2 saturated heterocycles. The van der Waals surface area contributed by atoms with E-state index in [1.54, 1.807) is 9.80 Å². The number of carbonyl (C=O) groups excluding carboxylic acids is 2. The molecule has 2 aliphatic heterocycles. The van der Waals surface area contributed by atoms with E-state index in [9.17, 15) is 9.59 Å². The first-order chi connectivity index (χ1) is 9.61. The molecule has 0 aromatic carbocycles. The predicted molar refractivity (Wildman–Crippen MR) is 75.1 cm³/mol. The average Bonchev–Trinajstić information content (AvgIpc) is 2.48. The molecular formula is C14H25N3O3. The molecule has 0 aliphatic carbocycles. The molecule has 114 valence electrons. The van der Waals surface area contributed by atoms with Crippen LogP contribution >= 0.6 is 0 Å². The van der Waals surface area contributed by atoms with E-state index in [-0.39, 0.29) is 18.4 Å². The molecule has 2 rings (SSSR count). The Hall–Kier alpha value is -1.14. The molecule has 2 amide bonds. The van der Waals surface area contributed by atoms with Gasteiger partial charge in [-0.25, -0.2) is 0 Å². The molecule has 0 unspecified atom stereocenters. The first-order valence-corrected chi connectivity index (χ1v) is 7.53. The fourth-order valence-electron chi connectivity index (χ4n) is 2.80. The molecule has 0 bridgehead atoms. The molecular weight excluding hydrogens is 258 g/mol. The lowest BCUT2D eigenvalue weighted by Gasteiger charge is -2.36. The molecule has 6 heteroatoms. The van der Waals surface area contributed by atoms with Crippen LogP contribution in [0.1, 0.15) is 19.8 Å². The van der Waals surface area contributed by atoms with E-state index < -0.39 is 0 Å². The zero-order chi connectivity index (χ0) is 14.5. The van der Waals surface area contributed by atoms with Crippen LogP contribution in [-0.4, -0.2) is 84.0 Å². The lowest BCUT2D eigenvalue weighted by molar-refractivity contribution is -0.153. The molecule has 6 nitrogen and oxygen atoms in total. The summed E-state index contributed by atoms with van der Waals surface area (Å²) < 4.78 is 0. The third kappa shape index (κ3) is 3.70. The predicted octanol–water partition coefficient (Wildman–Crippen LogP) is -0.619. The fourth-order valence-corrected chi connectivity index (χ4v) is 2.80.